The summed E-state index contributed by atoms with van der Waals surface area (Å²) in [5, 5.41) is 4.24. The van der Waals surface area contributed by atoms with E-state index >= 15 is 0 Å². The second-order valence-electron chi connectivity index (χ2n) is 5.41. The summed E-state index contributed by atoms with van der Waals surface area (Å²) in [5.41, 5.74) is 0.150. The first kappa shape index (κ1) is 18.2. The van der Waals surface area contributed by atoms with Crippen molar-refractivity contribution in [3.05, 3.63) is 54.9 Å². The van der Waals surface area contributed by atoms with Gasteiger partial charge in [0.1, 0.15) is 17.0 Å². The Morgan fingerprint density at radius 1 is 1.48 bits per heavy atom. The number of aryl methyl sites for hydroxylation is 1. The number of H-pyrrole nitrogens is 1. The number of ketones is 1. The molecule has 0 bridgehead atoms. The highest BCUT2D eigenvalue weighted by atomic mass is 79.9. The Morgan fingerprint density at radius 3 is 2.80 bits per heavy atom. The SMILES string of the molecule is CC(=O)c1c([S+]([O-])Cc2cc(C)on2)[nH]c2c(Br)ccc(Cl)c2c1=O. The minimum absolute atomic E-state index is 0.0112. The van der Waals surface area contributed by atoms with E-state index in [2.05, 4.69) is 26.1 Å². The minimum Gasteiger partial charge on any atom is -0.610 e. The number of carbonyl (C=O) groups is 1. The second-order valence-corrected chi connectivity index (χ2v) is 8.06. The highest BCUT2D eigenvalue weighted by molar-refractivity contribution is 9.10. The second kappa shape index (κ2) is 6.95. The molecular formula is C16H12BrClN2O4S. The first-order chi connectivity index (χ1) is 11.8. The molecule has 6 nitrogen and oxygen atoms in total. The summed E-state index contributed by atoms with van der Waals surface area (Å²) in [5.74, 6) is 0.108. The summed E-state index contributed by atoms with van der Waals surface area (Å²) in [7, 11) is 0. The number of aromatic amines is 1. The number of aromatic nitrogens is 2. The number of carbonyl (C=O) groups excluding carboxylic acids is 1. The molecule has 9 heteroatoms. The van der Waals surface area contributed by atoms with Crippen LogP contribution in [-0.2, 0) is 16.9 Å². The van der Waals surface area contributed by atoms with Gasteiger partial charge in [0.2, 0.25) is 10.5 Å². The molecule has 0 amide bonds. The van der Waals surface area contributed by atoms with Crippen LogP contribution in [0.2, 0.25) is 5.02 Å². The number of rotatable bonds is 4. The normalized spacial score (nSPS) is 12.5. The summed E-state index contributed by atoms with van der Waals surface area (Å²) in [6.45, 7) is 2.97. The van der Waals surface area contributed by atoms with Crippen molar-refractivity contribution in [1.29, 1.82) is 0 Å². The molecule has 0 aliphatic rings. The topological polar surface area (TPSA) is 99.0 Å². The fraction of sp³-hybridized carbons (Fsp3) is 0.188. The molecule has 2 aromatic heterocycles. The molecule has 3 rings (SSSR count). The number of halogens is 2. The smallest absolute Gasteiger partial charge is 0.238 e. The van der Waals surface area contributed by atoms with Crippen molar-refractivity contribution in [3.8, 4) is 0 Å². The minimum atomic E-state index is -1.70. The number of hydrogen-bond acceptors (Lipinski definition) is 5. The summed E-state index contributed by atoms with van der Waals surface area (Å²) in [4.78, 5) is 27.8. The number of nitrogens with one attached hydrogen (secondary N) is 1. The van der Waals surface area contributed by atoms with Crippen molar-refractivity contribution >= 4 is 55.4 Å². The van der Waals surface area contributed by atoms with Gasteiger partial charge < -0.3 is 14.1 Å². The lowest BCUT2D eigenvalue weighted by atomic mass is 10.1. The summed E-state index contributed by atoms with van der Waals surface area (Å²) in [6, 6.07) is 4.88. The highest BCUT2D eigenvalue weighted by Gasteiger charge is 2.27. The Morgan fingerprint density at radius 2 is 2.20 bits per heavy atom. The van der Waals surface area contributed by atoms with Gasteiger partial charge in [-0.05, 0) is 41.9 Å². The molecule has 0 radical (unpaired) electrons. The molecule has 0 saturated carbocycles. The van der Waals surface area contributed by atoms with Crippen LogP contribution in [0.4, 0.5) is 0 Å². The van der Waals surface area contributed by atoms with Gasteiger partial charge in [-0.15, -0.1) is 0 Å². The van der Waals surface area contributed by atoms with Crippen molar-refractivity contribution in [2.75, 3.05) is 0 Å². The van der Waals surface area contributed by atoms with Gasteiger partial charge in [0.25, 0.3) is 0 Å². The molecule has 1 unspecified atom stereocenters. The molecule has 2 heterocycles. The maximum absolute atomic E-state index is 12.8. The summed E-state index contributed by atoms with van der Waals surface area (Å²) < 4.78 is 18.3. The largest absolute Gasteiger partial charge is 0.610 e. The third kappa shape index (κ3) is 3.39. The Kier molecular flexibility index (Phi) is 5.06. The first-order valence-electron chi connectivity index (χ1n) is 7.15. The standard InChI is InChI=1S/C16H12BrClN2O4S/c1-7-5-9(20-24-7)6-25(23)16-12(8(2)21)15(22)13-11(18)4-3-10(17)14(13)19-16/h3-5H,6H2,1-2H3,(H,19,22). The van der Waals surface area contributed by atoms with Gasteiger partial charge >= 0.3 is 0 Å². The fourth-order valence-corrected chi connectivity index (χ4v) is 4.38. The Labute approximate surface area is 158 Å². The van der Waals surface area contributed by atoms with E-state index in [-0.39, 0.29) is 26.8 Å². The molecule has 1 aromatic carbocycles. The summed E-state index contributed by atoms with van der Waals surface area (Å²) >= 11 is 7.77. The third-order valence-corrected chi connectivity index (χ3v) is 5.85. The van der Waals surface area contributed by atoms with E-state index < -0.39 is 22.4 Å². The monoisotopic (exact) mass is 442 g/mol. The van der Waals surface area contributed by atoms with Crippen LogP contribution in [-0.4, -0.2) is 20.5 Å². The maximum Gasteiger partial charge on any atom is 0.238 e. The zero-order chi connectivity index (χ0) is 18.3. The van der Waals surface area contributed by atoms with E-state index in [1.807, 2.05) is 0 Å². The molecule has 1 N–H and O–H groups in total. The van der Waals surface area contributed by atoms with Gasteiger partial charge in [-0.3, -0.25) is 9.59 Å². The lowest BCUT2D eigenvalue weighted by molar-refractivity contribution is 0.101. The zero-order valence-electron chi connectivity index (χ0n) is 13.2. The van der Waals surface area contributed by atoms with Crippen LogP contribution in [0, 0.1) is 6.92 Å². The van der Waals surface area contributed by atoms with E-state index in [1.165, 1.54) is 6.92 Å². The van der Waals surface area contributed by atoms with Gasteiger partial charge in [-0.2, -0.15) is 0 Å². The van der Waals surface area contributed by atoms with E-state index in [0.29, 0.717) is 21.4 Å². The van der Waals surface area contributed by atoms with E-state index in [9.17, 15) is 14.1 Å². The molecule has 1 atom stereocenters. The van der Waals surface area contributed by atoms with Gasteiger partial charge in [-0.25, -0.2) is 0 Å². The zero-order valence-corrected chi connectivity index (χ0v) is 16.3. The number of fused-ring (bicyclic) bond motifs is 1. The van der Waals surface area contributed by atoms with Gasteiger partial charge in [0, 0.05) is 21.7 Å². The Balaban J connectivity index is 2.22. The van der Waals surface area contributed by atoms with Crippen molar-refractivity contribution in [2.24, 2.45) is 0 Å². The number of Topliss-reactive ketones (excluding diaryl/α,β-unsaturated/α-hetero) is 1. The van der Waals surface area contributed by atoms with Crippen LogP contribution in [0.5, 0.6) is 0 Å². The quantitative estimate of drug-likeness (QED) is 0.489. The highest BCUT2D eigenvalue weighted by Crippen LogP contribution is 2.29. The van der Waals surface area contributed by atoms with Crippen molar-refractivity contribution < 1.29 is 13.9 Å². The molecule has 0 fully saturated rings. The molecule has 25 heavy (non-hydrogen) atoms. The molecule has 0 spiro atoms. The number of nitrogens with zero attached hydrogens (tertiary/aromatic N) is 1. The van der Waals surface area contributed by atoms with Crippen molar-refractivity contribution in [3.63, 3.8) is 0 Å². The van der Waals surface area contributed by atoms with E-state index in [0.717, 1.165) is 0 Å². The average Bonchev–Trinajstić information content (AvgIpc) is 2.94. The number of benzene rings is 1. The van der Waals surface area contributed by atoms with Gasteiger partial charge in [0.15, 0.2) is 11.5 Å². The number of pyridine rings is 1. The van der Waals surface area contributed by atoms with Gasteiger partial charge in [0.05, 0.1) is 15.9 Å². The summed E-state index contributed by atoms with van der Waals surface area (Å²) in [6.07, 6.45) is 0. The van der Waals surface area contributed by atoms with Crippen LogP contribution in [0.25, 0.3) is 10.9 Å². The van der Waals surface area contributed by atoms with Gasteiger partial charge in [-0.1, -0.05) is 16.8 Å². The molecule has 0 aliphatic carbocycles. The van der Waals surface area contributed by atoms with Crippen LogP contribution < -0.4 is 5.43 Å². The molecule has 0 saturated heterocycles. The average molecular weight is 444 g/mol. The molecule has 3 aromatic rings. The van der Waals surface area contributed by atoms with Crippen molar-refractivity contribution in [2.45, 2.75) is 24.6 Å². The molecular weight excluding hydrogens is 432 g/mol. The van der Waals surface area contributed by atoms with Crippen LogP contribution in [0.15, 0.2) is 37.0 Å². The fourth-order valence-electron chi connectivity index (χ4n) is 2.48. The first-order valence-corrected chi connectivity index (χ1v) is 9.64. The Hall–Kier alpha value is -1.61. The van der Waals surface area contributed by atoms with E-state index in [1.54, 1.807) is 25.1 Å². The lowest BCUT2D eigenvalue weighted by Gasteiger charge is -2.13. The van der Waals surface area contributed by atoms with Crippen LogP contribution >= 0.6 is 27.5 Å². The molecule has 130 valence electrons. The van der Waals surface area contributed by atoms with Crippen LogP contribution in [0.3, 0.4) is 0 Å². The predicted octanol–water partition coefficient (Wildman–Crippen LogP) is 3.75. The van der Waals surface area contributed by atoms with Crippen molar-refractivity contribution in [1.82, 2.24) is 10.1 Å². The third-order valence-electron chi connectivity index (χ3n) is 3.56. The number of hydrogen-bond donors (Lipinski definition) is 1. The predicted molar refractivity (Wildman–Crippen MR) is 98.6 cm³/mol. The van der Waals surface area contributed by atoms with E-state index in [4.69, 9.17) is 16.1 Å². The lowest BCUT2D eigenvalue weighted by Crippen LogP contribution is -2.22. The van der Waals surface area contributed by atoms with Crippen LogP contribution in [0.1, 0.15) is 28.7 Å². The maximum atomic E-state index is 12.8. The Bertz CT molecular complexity index is 1050. The molecule has 0 aliphatic heterocycles.